The number of benzene rings is 2. The fourth-order valence-electron chi connectivity index (χ4n) is 2.57. The normalized spacial score (nSPS) is 14.1. The van der Waals surface area contributed by atoms with Gasteiger partial charge in [-0.25, -0.2) is 4.79 Å². The van der Waals surface area contributed by atoms with Crippen LogP contribution in [0.15, 0.2) is 54.6 Å². The van der Waals surface area contributed by atoms with Crippen LogP contribution in [0.25, 0.3) is 0 Å². The Morgan fingerprint density at radius 3 is 1.86 bits per heavy atom. The number of carbonyl (C=O) groups is 1. The second-order valence-electron chi connectivity index (χ2n) is 5.35. The number of amides is 2. The molecule has 0 radical (unpaired) electrons. The molecule has 3 rings (SSSR count). The highest BCUT2D eigenvalue weighted by atomic mass is 35.5. The molecule has 5 heteroatoms. The molecule has 2 aromatic carbocycles. The number of anilines is 1. The number of urea groups is 1. The average Bonchev–Trinajstić information content (AvgIpc) is 2.84. The van der Waals surface area contributed by atoms with Gasteiger partial charge in [-0.1, -0.05) is 42.5 Å². The Morgan fingerprint density at radius 1 is 0.818 bits per heavy atom. The van der Waals surface area contributed by atoms with E-state index in [9.17, 15) is 4.79 Å². The number of nitrogens with two attached hydrogens (primary N) is 1. The Hall–Kier alpha value is -2.20. The van der Waals surface area contributed by atoms with Crippen LogP contribution in [-0.2, 0) is 13.1 Å². The van der Waals surface area contributed by atoms with Crippen molar-refractivity contribution in [3.8, 4) is 0 Å². The van der Waals surface area contributed by atoms with Gasteiger partial charge in [0.2, 0.25) is 0 Å². The van der Waals surface area contributed by atoms with Crippen LogP contribution in [0, 0.1) is 0 Å². The van der Waals surface area contributed by atoms with Crippen molar-refractivity contribution < 1.29 is 4.79 Å². The van der Waals surface area contributed by atoms with Gasteiger partial charge in [0.15, 0.2) is 0 Å². The molecule has 4 nitrogen and oxygen atoms in total. The quantitative estimate of drug-likeness (QED) is 0.881. The van der Waals surface area contributed by atoms with E-state index in [1.165, 1.54) is 5.56 Å². The molecule has 0 aliphatic carbocycles. The summed E-state index contributed by atoms with van der Waals surface area (Å²) in [6.45, 7) is 2.88. The van der Waals surface area contributed by atoms with Crippen molar-refractivity contribution in [2.24, 2.45) is 0 Å². The molecule has 1 saturated heterocycles. The Kier molecular flexibility index (Phi) is 5.28. The topological polar surface area (TPSA) is 49.6 Å². The maximum Gasteiger partial charge on any atom is 0.320 e. The van der Waals surface area contributed by atoms with Gasteiger partial charge >= 0.3 is 6.03 Å². The summed E-state index contributed by atoms with van der Waals surface area (Å²) in [5.41, 5.74) is 8.71. The van der Waals surface area contributed by atoms with Crippen LogP contribution in [-0.4, -0.2) is 28.9 Å². The monoisotopic (exact) mass is 317 g/mol. The Morgan fingerprint density at radius 2 is 1.32 bits per heavy atom. The Balaban J connectivity index is 0.00000176. The van der Waals surface area contributed by atoms with Gasteiger partial charge in [0.05, 0.1) is 0 Å². The zero-order valence-electron chi connectivity index (χ0n) is 12.3. The van der Waals surface area contributed by atoms with Crippen molar-refractivity contribution in [1.29, 1.82) is 0 Å². The van der Waals surface area contributed by atoms with Gasteiger partial charge < -0.3 is 15.5 Å². The lowest BCUT2D eigenvalue weighted by atomic mass is 10.2. The zero-order valence-corrected chi connectivity index (χ0v) is 13.1. The molecular formula is C17H20ClN3O. The van der Waals surface area contributed by atoms with Crippen molar-refractivity contribution >= 4 is 24.1 Å². The fourth-order valence-corrected chi connectivity index (χ4v) is 2.57. The van der Waals surface area contributed by atoms with Crippen molar-refractivity contribution in [3.05, 3.63) is 65.7 Å². The number of carbonyl (C=O) groups excluding carboxylic acids is 1. The van der Waals surface area contributed by atoms with Crippen LogP contribution in [0.3, 0.4) is 0 Å². The Bertz CT molecular complexity index is 616. The molecule has 2 aromatic rings. The van der Waals surface area contributed by atoms with Crippen LogP contribution in [0.4, 0.5) is 10.5 Å². The lowest BCUT2D eigenvalue weighted by Crippen LogP contribution is -2.31. The zero-order chi connectivity index (χ0) is 14.7. The van der Waals surface area contributed by atoms with Gasteiger partial charge in [0.1, 0.15) is 0 Å². The molecule has 2 N–H and O–H groups in total. The van der Waals surface area contributed by atoms with Gasteiger partial charge in [-0.05, 0) is 23.3 Å². The highest BCUT2D eigenvalue weighted by Crippen LogP contribution is 2.16. The lowest BCUT2D eigenvalue weighted by molar-refractivity contribution is 0.189. The summed E-state index contributed by atoms with van der Waals surface area (Å²) < 4.78 is 0. The second-order valence-corrected chi connectivity index (χ2v) is 5.35. The number of hydrogen-bond acceptors (Lipinski definition) is 2. The van der Waals surface area contributed by atoms with Crippen LogP contribution in [0.2, 0.25) is 0 Å². The number of halogens is 1. The van der Waals surface area contributed by atoms with Gasteiger partial charge in [-0.3, -0.25) is 0 Å². The average molecular weight is 318 g/mol. The highest BCUT2D eigenvalue weighted by molar-refractivity contribution is 5.85. The van der Waals surface area contributed by atoms with Crippen molar-refractivity contribution in [3.63, 3.8) is 0 Å². The summed E-state index contributed by atoms with van der Waals surface area (Å²) in [5, 5.41) is 0. The third-order valence-electron chi connectivity index (χ3n) is 3.75. The van der Waals surface area contributed by atoms with Crippen LogP contribution in [0.1, 0.15) is 11.1 Å². The van der Waals surface area contributed by atoms with Gasteiger partial charge in [0, 0.05) is 31.9 Å². The largest absolute Gasteiger partial charge is 0.399 e. The van der Waals surface area contributed by atoms with Crippen molar-refractivity contribution in [2.75, 3.05) is 18.8 Å². The predicted molar refractivity (Wildman–Crippen MR) is 90.8 cm³/mol. The molecule has 1 heterocycles. The molecule has 22 heavy (non-hydrogen) atoms. The number of hydrogen-bond donors (Lipinski definition) is 1. The van der Waals surface area contributed by atoms with E-state index in [2.05, 4.69) is 12.1 Å². The minimum atomic E-state index is 0. The molecular weight excluding hydrogens is 298 g/mol. The molecule has 0 bridgehead atoms. The van der Waals surface area contributed by atoms with E-state index in [-0.39, 0.29) is 18.4 Å². The summed E-state index contributed by atoms with van der Waals surface area (Å²) in [6.07, 6.45) is 0. The minimum absolute atomic E-state index is 0. The SMILES string of the molecule is Cl.Nc1ccc(CN2CCN(Cc3ccccc3)C2=O)cc1. The number of nitrogen functional groups attached to an aromatic ring is 1. The molecule has 0 saturated carbocycles. The molecule has 0 atom stereocenters. The third-order valence-corrected chi connectivity index (χ3v) is 3.75. The van der Waals surface area contributed by atoms with Gasteiger partial charge in [-0.15, -0.1) is 12.4 Å². The van der Waals surface area contributed by atoms with Gasteiger partial charge in [-0.2, -0.15) is 0 Å². The molecule has 1 aliphatic rings. The third kappa shape index (κ3) is 3.71. The van der Waals surface area contributed by atoms with E-state index in [0.717, 1.165) is 24.3 Å². The first-order valence-corrected chi connectivity index (χ1v) is 7.14. The fraction of sp³-hybridized carbons (Fsp3) is 0.235. The van der Waals surface area contributed by atoms with E-state index in [4.69, 9.17) is 5.73 Å². The van der Waals surface area contributed by atoms with E-state index in [1.807, 2.05) is 52.3 Å². The van der Waals surface area contributed by atoms with Crippen LogP contribution in [0.5, 0.6) is 0 Å². The first kappa shape index (κ1) is 16.2. The summed E-state index contributed by atoms with van der Waals surface area (Å²) in [4.78, 5) is 16.2. The molecule has 0 spiro atoms. The van der Waals surface area contributed by atoms with E-state index in [0.29, 0.717) is 13.1 Å². The number of nitrogens with zero attached hydrogens (tertiary/aromatic N) is 2. The molecule has 116 valence electrons. The molecule has 1 aliphatic heterocycles. The minimum Gasteiger partial charge on any atom is -0.399 e. The molecule has 0 aromatic heterocycles. The predicted octanol–water partition coefficient (Wildman–Crippen LogP) is 3.13. The smallest absolute Gasteiger partial charge is 0.320 e. The van der Waals surface area contributed by atoms with E-state index in [1.54, 1.807) is 0 Å². The highest BCUT2D eigenvalue weighted by Gasteiger charge is 2.28. The van der Waals surface area contributed by atoms with Crippen molar-refractivity contribution in [2.45, 2.75) is 13.1 Å². The Labute approximate surface area is 136 Å². The maximum atomic E-state index is 12.4. The molecule has 0 unspecified atom stereocenters. The van der Waals surface area contributed by atoms with E-state index >= 15 is 0 Å². The summed E-state index contributed by atoms with van der Waals surface area (Å²) in [6, 6.07) is 17.9. The summed E-state index contributed by atoms with van der Waals surface area (Å²) in [7, 11) is 0. The maximum absolute atomic E-state index is 12.4. The first-order valence-electron chi connectivity index (χ1n) is 7.14. The number of rotatable bonds is 4. The molecule has 1 fully saturated rings. The van der Waals surface area contributed by atoms with Gasteiger partial charge in [0.25, 0.3) is 0 Å². The van der Waals surface area contributed by atoms with E-state index < -0.39 is 0 Å². The standard InChI is InChI=1S/C17H19N3O.ClH/c18-16-8-6-15(7-9-16)13-20-11-10-19(17(20)21)12-14-4-2-1-3-5-14;/h1-9H,10-13,18H2;1H. The summed E-state index contributed by atoms with van der Waals surface area (Å²) >= 11 is 0. The lowest BCUT2D eigenvalue weighted by Gasteiger charge is -2.19. The van der Waals surface area contributed by atoms with Crippen molar-refractivity contribution in [1.82, 2.24) is 9.80 Å². The first-order chi connectivity index (χ1) is 10.2. The molecule has 2 amide bonds. The summed E-state index contributed by atoms with van der Waals surface area (Å²) in [5.74, 6) is 0. The van der Waals surface area contributed by atoms with Crippen LogP contribution >= 0.6 is 12.4 Å². The van der Waals surface area contributed by atoms with Crippen LogP contribution < -0.4 is 5.73 Å². The second kappa shape index (κ2) is 7.18.